The molecule has 1 unspecified atom stereocenters. The van der Waals surface area contributed by atoms with Crippen molar-refractivity contribution < 1.29 is 4.74 Å². The molecule has 0 saturated carbocycles. The number of rotatable bonds is 4. The minimum Gasteiger partial charge on any atom is -0.378 e. The third kappa shape index (κ3) is 3.19. The monoisotopic (exact) mass is 226 g/mol. The Morgan fingerprint density at radius 3 is 3.00 bits per heavy atom. The first-order valence-corrected chi connectivity index (χ1v) is 6.72. The predicted molar refractivity (Wildman–Crippen MR) is 66.7 cm³/mol. The van der Waals surface area contributed by atoms with Crippen molar-refractivity contribution in [3.8, 4) is 0 Å². The number of ether oxygens (including phenoxy) is 1. The van der Waals surface area contributed by atoms with Crippen LogP contribution >= 0.6 is 0 Å². The van der Waals surface area contributed by atoms with E-state index in [0.29, 0.717) is 0 Å². The van der Waals surface area contributed by atoms with Crippen LogP contribution in [0, 0.1) is 5.92 Å². The maximum Gasteiger partial charge on any atom is 0.0645 e. The summed E-state index contributed by atoms with van der Waals surface area (Å²) < 4.78 is 5.54. The number of nitrogens with one attached hydrogen (secondary N) is 1. The molecule has 1 N–H and O–H groups in total. The van der Waals surface area contributed by atoms with Crippen molar-refractivity contribution in [2.24, 2.45) is 5.92 Å². The zero-order valence-electron chi connectivity index (χ0n) is 10.8. The molecule has 0 radical (unpaired) electrons. The highest BCUT2D eigenvalue weighted by molar-refractivity contribution is 4.84. The lowest BCUT2D eigenvalue weighted by Crippen LogP contribution is -2.53. The zero-order chi connectivity index (χ0) is 11.4. The summed E-state index contributed by atoms with van der Waals surface area (Å²) in [5.74, 6) is 0.934. The van der Waals surface area contributed by atoms with Crippen LogP contribution in [0.5, 0.6) is 0 Å². The second kappa shape index (κ2) is 5.48. The van der Waals surface area contributed by atoms with E-state index in [9.17, 15) is 0 Å². The fourth-order valence-corrected chi connectivity index (χ4v) is 2.84. The van der Waals surface area contributed by atoms with Gasteiger partial charge >= 0.3 is 0 Å². The van der Waals surface area contributed by atoms with Crippen LogP contribution in [0.2, 0.25) is 0 Å². The molecule has 94 valence electrons. The van der Waals surface area contributed by atoms with Crippen LogP contribution in [0.4, 0.5) is 0 Å². The van der Waals surface area contributed by atoms with E-state index in [1.165, 1.54) is 38.9 Å². The highest BCUT2D eigenvalue weighted by Gasteiger charge is 2.29. The fraction of sp³-hybridized carbons (Fsp3) is 1.00. The number of hydrogen-bond acceptors (Lipinski definition) is 3. The number of morpholine rings is 1. The van der Waals surface area contributed by atoms with Crippen LogP contribution in [-0.4, -0.2) is 49.8 Å². The van der Waals surface area contributed by atoms with Gasteiger partial charge in [-0.2, -0.15) is 0 Å². The molecule has 3 heteroatoms. The van der Waals surface area contributed by atoms with Crippen molar-refractivity contribution in [3.63, 3.8) is 0 Å². The lowest BCUT2D eigenvalue weighted by atomic mass is 9.99. The Balaban J connectivity index is 1.67. The van der Waals surface area contributed by atoms with Gasteiger partial charge in [-0.05, 0) is 58.7 Å². The highest BCUT2D eigenvalue weighted by atomic mass is 16.5. The molecule has 0 aromatic rings. The van der Waals surface area contributed by atoms with E-state index in [0.717, 1.165) is 25.7 Å². The van der Waals surface area contributed by atoms with Crippen LogP contribution in [0.3, 0.4) is 0 Å². The van der Waals surface area contributed by atoms with E-state index in [4.69, 9.17) is 4.74 Å². The lowest BCUT2D eigenvalue weighted by molar-refractivity contribution is -0.0516. The SMILES string of the molecule is CC1(C)COCCN1CCCC1CCNC1. The maximum atomic E-state index is 5.54. The van der Waals surface area contributed by atoms with E-state index in [-0.39, 0.29) is 5.54 Å². The molecule has 16 heavy (non-hydrogen) atoms. The molecule has 0 bridgehead atoms. The topological polar surface area (TPSA) is 24.5 Å². The van der Waals surface area contributed by atoms with Gasteiger partial charge in [0.2, 0.25) is 0 Å². The Morgan fingerprint density at radius 1 is 1.44 bits per heavy atom. The average Bonchev–Trinajstić information content (AvgIpc) is 2.73. The van der Waals surface area contributed by atoms with Gasteiger partial charge in [0.1, 0.15) is 0 Å². The number of nitrogens with zero attached hydrogens (tertiary/aromatic N) is 1. The summed E-state index contributed by atoms with van der Waals surface area (Å²) >= 11 is 0. The van der Waals surface area contributed by atoms with Gasteiger partial charge in [0.25, 0.3) is 0 Å². The fourth-order valence-electron chi connectivity index (χ4n) is 2.84. The van der Waals surface area contributed by atoms with Gasteiger partial charge in [-0.25, -0.2) is 0 Å². The van der Waals surface area contributed by atoms with Gasteiger partial charge in [0, 0.05) is 12.1 Å². The summed E-state index contributed by atoms with van der Waals surface area (Å²) in [6.07, 6.45) is 4.11. The molecule has 2 saturated heterocycles. The highest BCUT2D eigenvalue weighted by Crippen LogP contribution is 2.21. The van der Waals surface area contributed by atoms with Crippen molar-refractivity contribution in [1.82, 2.24) is 10.2 Å². The molecule has 0 aliphatic carbocycles. The first-order valence-electron chi connectivity index (χ1n) is 6.72. The second-order valence-electron chi connectivity index (χ2n) is 5.85. The Kier molecular flexibility index (Phi) is 4.22. The van der Waals surface area contributed by atoms with Gasteiger partial charge in [-0.15, -0.1) is 0 Å². The van der Waals surface area contributed by atoms with Crippen LogP contribution in [-0.2, 0) is 4.74 Å². The largest absolute Gasteiger partial charge is 0.378 e. The summed E-state index contributed by atoms with van der Waals surface area (Å²) in [5, 5.41) is 3.44. The van der Waals surface area contributed by atoms with Gasteiger partial charge < -0.3 is 10.1 Å². The summed E-state index contributed by atoms with van der Waals surface area (Å²) in [4.78, 5) is 2.60. The summed E-state index contributed by atoms with van der Waals surface area (Å²) in [7, 11) is 0. The molecular formula is C13H26N2O. The molecule has 2 heterocycles. The molecule has 2 aliphatic rings. The molecular weight excluding hydrogens is 200 g/mol. The van der Waals surface area contributed by atoms with Crippen molar-refractivity contribution in [2.75, 3.05) is 39.4 Å². The molecule has 2 aliphatic heterocycles. The zero-order valence-corrected chi connectivity index (χ0v) is 10.8. The Bertz CT molecular complexity index is 212. The molecule has 2 fully saturated rings. The van der Waals surface area contributed by atoms with Gasteiger partial charge in [0.15, 0.2) is 0 Å². The van der Waals surface area contributed by atoms with Gasteiger partial charge in [-0.3, -0.25) is 4.90 Å². The predicted octanol–water partition coefficient (Wildman–Crippen LogP) is 1.49. The van der Waals surface area contributed by atoms with Crippen LogP contribution in [0.15, 0.2) is 0 Å². The Morgan fingerprint density at radius 2 is 2.31 bits per heavy atom. The Labute approximate surface area is 99.5 Å². The summed E-state index contributed by atoms with van der Waals surface area (Å²) in [6.45, 7) is 11.2. The minimum atomic E-state index is 0.242. The van der Waals surface area contributed by atoms with Crippen LogP contribution in [0.1, 0.15) is 33.1 Å². The van der Waals surface area contributed by atoms with Gasteiger partial charge in [-0.1, -0.05) is 0 Å². The number of hydrogen-bond donors (Lipinski definition) is 1. The quantitative estimate of drug-likeness (QED) is 0.786. The lowest BCUT2D eigenvalue weighted by Gasteiger charge is -2.42. The Hall–Kier alpha value is -0.120. The van der Waals surface area contributed by atoms with Gasteiger partial charge in [0.05, 0.1) is 13.2 Å². The van der Waals surface area contributed by atoms with E-state index in [1.54, 1.807) is 0 Å². The smallest absolute Gasteiger partial charge is 0.0645 e. The van der Waals surface area contributed by atoms with E-state index in [1.807, 2.05) is 0 Å². The summed E-state index contributed by atoms with van der Waals surface area (Å²) in [5.41, 5.74) is 0.242. The maximum absolute atomic E-state index is 5.54. The third-order valence-electron chi connectivity index (χ3n) is 4.02. The standard InChI is InChI=1S/C13H26N2O/c1-13(2)11-16-9-8-15(13)7-3-4-12-5-6-14-10-12/h12,14H,3-11H2,1-2H3. The van der Waals surface area contributed by atoms with E-state index in [2.05, 4.69) is 24.1 Å². The second-order valence-corrected chi connectivity index (χ2v) is 5.85. The first kappa shape index (κ1) is 12.3. The van der Waals surface area contributed by atoms with Crippen molar-refractivity contribution in [3.05, 3.63) is 0 Å². The van der Waals surface area contributed by atoms with Crippen LogP contribution < -0.4 is 5.32 Å². The van der Waals surface area contributed by atoms with Crippen molar-refractivity contribution in [2.45, 2.75) is 38.6 Å². The average molecular weight is 226 g/mol. The molecule has 3 nitrogen and oxygen atoms in total. The molecule has 0 amide bonds. The van der Waals surface area contributed by atoms with E-state index < -0.39 is 0 Å². The molecule has 2 rings (SSSR count). The van der Waals surface area contributed by atoms with Crippen molar-refractivity contribution in [1.29, 1.82) is 0 Å². The molecule has 1 atom stereocenters. The first-order chi connectivity index (χ1) is 7.68. The molecule has 0 aromatic carbocycles. The minimum absolute atomic E-state index is 0.242. The van der Waals surface area contributed by atoms with E-state index >= 15 is 0 Å². The van der Waals surface area contributed by atoms with Crippen LogP contribution in [0.25, 0.3) is 0 Å². The van der Waals surface area contributed by atoms with Crippen molar-refractivity contribution >= 4 is 0 Å². The molecule has 0 spiro atoms. The summed E-state index contributed by atoms with van der Waals surface area (Å²) in [6, 6.07) is 0. The normalized spacial score (nSPS) is 30.8. The third-order valence-corrected chi connectivity index (χ3v) is 4.02. The molecule has 0 aromatic heterocycles.